The van der Waals surface area contributed by atoms with Gasteiger partial charge >= 0.3 is 0 Å². The highest BCUT2D eigenvalue weighted by atomic mass is 16.3. The Kier molecular flexibility index (Phi) is 7.78. The zero-order valence-electron chi connectivity index (χ0n) is 32.3. The van der Waals surface area contributed by atoms with Crippen LogP contribution in [0.1, 0.15) is 0 Å². The predicted octanol–water partition coefficient (Wildman–Crippen LogP) is 14.4. The van der Waals surface area contributed by atoms with Crippen LogP contribution in [0.2, 0.25) is 0 Å². The molecule has 0 fully saturated rings. The fourth-order valence-electron chi connectivity index (χ4n) is 8.93. The van der Waals surface area contributed by atoms with Crippen LogP contribution in [-0.4, -0.2) is 19.5 Å². The zero-order valence-corrected chi connectivity index (χ0v) is 32.3. The van der Waals surface area contributed by atoms with Crippen LogP contribution in [0.4, 0.5) is 0 Å². The smallest absolute Gasteiger partial charge is 0.238 e. The highest BCUT2D eigenvalue weighted by Gasteiger charge is 2.23. The first kappa shape index (κ1) is 33.9. The number of nitrogens with zero attached hydrogens (tertiary/aromatic N) is 4. The predicted molar refractivity (Wildman–Crippen MR) is 246 cm³/mol. The minimum atomic E-state index is 0.578. The van der Waals surface area contributed by atoms with Crippen molar-refractivity contribution in [2.24, 2.45) is 0 Å². The molecule has 0 N–H and O–H groups in total. The summed E-state index contributed by atoms with van der Waals surface area (Å²) in [6.07, 6.45) is 0. The Morgan fingerprint density at radius 1 is 0.333 bits per heavy atom. The summed E-state index contributed by atoms with van der Waals surface area (Å²) in [7, 11) is 0. The summed E-state index contributed by atoms with van der Waals surface area (Å²) in [4.78, 5) is 15.2. The van der Waals surface area contributed by atoms with Gasteiger partial charge in [-0.15, -0.1) is 0 Å². The summed E-state index contributed by atoms with van der Waals surface area (Å²) in [6, 6.07) is 72.1. The lowest BCUT2D eigenvalue weighted by atomic mass is 9.86. The van der Waals surface area contributed by atoms with Crippen molar-refractivity contribution in [1.29, 1.82) is 0 Å². The van der Waals surface area contributed by atoms with Gasteiger partial charge in [0.1, 0.15) is 11.2 Å². The van der Waals surface area contributed by atoms with E-state index in [0.717, 1.165) is 88.3 Å². The number of benzene rings is 9. The van der Waals surface area contributed by atoms with Gasteiger partial charge in [-0.1, -0.05) is 182 Å². The van der Waals surface area contributed by atoms with Crippen molar-refractivity contribution >= 4 is 54.5 Å². The van der Waals surface area contributed by atoms with E-state index in [1.54, 1.807) is 0 Å². The first-order valence-electron chi connectivity index (χ1n) is 20.2. The highest BCUT2D eigenvalue weighted by Crippen LogP contribution is 2.48. The molecule has 0 saturated carbocycles. The number of rotatable bonds is 6. The van der Waals surface area contributed by atoms with Gasteiger partial charge in [0, 0.05) is 43.8 Å². The molecule has 12 rings (SSSR count). The average molecular weight is 767 g/mol. The third kappa shape index (κ3) is 5.44. The fraction of sp³-hybridized carbons (Fsp3) is 0. The molecular formula is C55H34N4O. The number of hydrogen-bond donors (Lipinski definition) is 0. The van der Waals surface area contributed by atoms with Gasteiger partial charge in [-0.2, -0.15) is 9.97 Å². The van der Waals surface area contributed by atoms with Crippen LogP contribution in [-0.2, 0) is 0 Å². The number of para-hydroxylation sites is 2. The SMILES string of the molecule is c1ccc(-c2nc(-c3ccccc3)nc(-n3c4ccccc4c4cc(-c5ccc(-c6c(-c7ccccc7)c7oc8ccccc8c7c7ccccc67)cc5)ccc43)n2)cc1. The maximum Gasteiger partial charge on any atom is 0.238 e. The largest absolute Gasteiger partial charge is 0.455 e. The third-order valence-corrected chi connectivity index (χ3v) is 11.7. The molecule has 3 heterocycles. The van der Waals surface area contributed by atoms with Gasteiger partial charge in [0.2, 0.25) is 5.95 Å². The van der Waals surface area contributed by atoms with Crippen molar-refractivity contribution in [2.45, 2.75) is 0 Å². The van der Waals surface area contributed by atoms with Crippen molar-refractivity contribution in [2.75, 3.05) is 0 Å². The molecule has 3 aromatic heterocycles. The lowest BCUT2D eigenvalue weighted by Crippen LogP contribution is -2.06. The van der Waals surface area contributed by atoms with E-state index in [0.29, 0.717) is 17.6 Å². The van der Waals surface area contributed by atoms with E-state index in [2.05, 4.69) is 144 Å². The molecule has 0 spiro atoms. The summed E-state index contributed by atoms with van der Waals surface area (Å²) in [6.45, 7) is 0. The normalized spacial score (nSPS) is 11.7. The molecule has 9 aromatic carbocycles. The summed E-state index contributed by atoms with van der Waals surface area (Å²) in [5, 5.41) is 6.92. The van der Waals surface area contributed by atoms with Gasteiger partial charge in [-0.05, 0) is 57.3 Å². The number of furan rings is 1. The van der Waals surface area contributed by atoms with Gasteiger partial charge in [0.25, 0.3) is 0 Å². The molecule has 0 aliphatic heterocycles. The molecule has 280 valence electrons. The monoisotopic (exact) mass is 766 g/mol. The standard InChI is InChI=1S/C55H34N4O/c1-4-16-36(17-5-1)50-49(42-23-10-11-24-43(42)51-44-25-13-15-27-48(44)60-52(50)51)37-30-28-35(29-31-37)40-32-33-47-45(34-40)41-22-12-14-26-46(41)59(47)55-57-53(38-18-6-2-7-19-38)56-54(58-55)39-20-8-3-9-21-39/h1-34H. The van der Waals surface area contributed by atoms with E-state index >= 15 is 0 Å². The van der Waals surface area contributed by atoms with Gasteiger partial charge in [-0.3, -0.25) is 4.57 Å². The molecule has 0 unspecified atom stereocenters. The molecule has 5 heteroatoms. The molecule has 0 aliphatic rings. The van der Waals surface area contributed by atoms with E-state index in [9.17, 15) is 0 Å². The topological polar surface area (TPSA) is 56.7 Å². The van der Waals surface area contributed by atoms with Crippen LogP contribution in [0.3, 0.4) is 0 Å². The molecular weight excluding hydrogens is 733 g/mol. The highest BCUT2D eigenvalue weighted by molar-refractivity contribution is 6.27. The third-order valence-electron chi connectivity index (χ3n) is 11.7. The molecule has 0 saturated heterocycles. The second kappa shape index (κ2) is 13.8. The van der Waals surface area contributed by atoms with E-state index in [1.807, 2.05) is 66.7 Å². The van der Waals surface area contributed by atoms with Crippen LogP contribution in [0.5, 0.6) is 0 Å². The van der Waals surface area contributed by atoms with Crippen LogP contribution in [0, 0.1) is 0 Å². The van der Waals surface area contributed by atoms with Crippen molar-refractivity contribution in [3.05, 3.63) is 206 Å². The van der Waals surface area contributed by atoms with Gasteiger partial charge in [0.15, 0.2) is 11.6 Å². The number of hydrogen-bond acceptors (Lipinski definition) is 4. The molecule has 0 bridgehead atoms. The molecule has 0 aliphatic carbocycles. The molecule has 0 radical (unpaired) electrons. The molecule has 0 atom stereocenters. The Bertz CT molecular complexity index is 3520. The Balaban J connectivity index is 1.02. The van der Waals surface area contributed by atoms with Gasteiger partial charge < -0.3 is 4.42 Å². The Morgan fingerprint density at radius 2 is 0.833 bits per heavy atom. The van der Waals surface area contributed by atoms with Crippen LogP contribution < -0.4 is 0 Å². The Morgan fingerprint density at radius 3 is 1.52 bits per heavy atom. The van der Waals surface area contributed by atoms with E-state index in [1.165, 1.54) is 10.8 Å². The van der Waals surface area contributed by atoms with Crippen molar-refractivity contribution in [3.63, 3.8) is 0 Å². The van der Waals surface area contributed by atoms with E-state index in [4.69, 9.17) is 19.4 Å². The van der Waals surface area contributed by atoms with E-state index in [-0.39, 0.29) is 0 Å². The zero-order chi connectivity index (χ0) is 39.6. The summed E-state index contributed by atoms with van der Waals surface area (Å²) >= 11 is 0. The maximum atomic E-state index is 6.75. The second-order valence-corrected chi connectivity index (χ2v) is 15.1. The molecule has 12 aromatic rings. The number of fused-ring (bicyclic) bond motifs is 8. The lowest BCUT2D eigenvalue weighted by molar-refractivity contribution is 0.670. The molecule has 60 heavy (non-hydrogen) atoms. The fourth-order valence-corrected chi connectivity index (χ4v) is 8.93. The van der Waals surface area contributed by atoms with Gasteiger partial charge in [0.05, 0.1) is 11.0 Å². The molecule has 5 nitrogen and oxygen atoms in total. The van der Waals surface area contributed by atoms with Crippen molar-refractivity contribution in [3.8, 4) is 62.1 Å². The lowest BCUT2D eigenvalue weighted by Gasteiger charge is -2.16. The summed E-state index contributed by atoms with van der Waals surface area (Å²) < 4.78 is 8.92. The first-order chi connectivity index (χ1) is 29.8. The summed E-state index contributed by atoms with van der Waals surface area (Å²) in [5.41, 5.74) is 12.5. The quantitative estimate of drug-likeness (QED) is 0.169. The minimum absolute atomic E-state index is 0.578. The van der Waals surface area contributed by atoms with Crippen LogP contribution >= 0.6 is 0 Å². The first-order valence-corrected chi connectivity index (χ1v) is 20.2. The van der Waals surface area contributed by atoms with Gasteiger partial charge in [-0.25, -0.2) is 4.98 Å². The summed E-state index contributed by atoms with van der Waals surface area (Å²) in [5.74, 6) is 1.84. The molecule has 0 amide bonds. The van der Waals surface area contributed by atoms with Crippen LogP contribution in [0.15, 0.2) is 211 Å². The Labute approximate surface area is 345 Å². The maximum absolute atomic E-state index is 6.75. The second-order valence-electron chi connectivity index (χ2n) is 15.1. The van der Waals surface area contributed by atoms with Crippen molar-refractivity contribution in [1.82, 2.24) is 19.5 Å². The van der Waals surface area contributed by atoms with E-state index < -0.39 is 0 Å². The van der Waals surface area contributed by atoms with Crippen molar-refractivity contribution < 1.29 is 4.42 Å². The number of aromatic nitrogens is 4. The average Bonchev–Trinajstić information content (AvgIpc) is 3.88. The Hall–Kier alpha value is -8.15. The minimum Gasteiger partial charge on any atom is -0.455 e. The van der Waals surface area contributed by atoms with Crippen LogP contribution in [0.25, 0.3) is 117 Å².